The predicted molar refractivity (Wildman–Crippen MR) is 135 cm³/mol. The molecule has 0 radical (unpaired) electrons. The van der Waals surface area contributed by atoms with Gasteiger partial charge in [0.05, 0.1) is 17.0 Å². The van der Waals surface area contributed by atoms with Crippen molar-refractivity contribution < 1.29 is 18.0 Å². The lowest BCUT2D eigenvalue weighted by atomic mass is 10.0. The third-order valence-electron chi connectivity index (χ3n) is 5.89. The van der Waals surface area contributed by atoms with Gasteiger partial charge < -0.3 is 0 Å². The van der Waals surface area contributed by atoms with E-state index in [9.17, 15) is 18.0 Å². The second-order valence-corrected chi connectivity index (χ2v) is 11.3. The van der Waals surface area contributed by atoms with Crippen LogP contribution in [0.4, 0.5) is 5.69 Å². The first-order valence-corrected chi connectivity index (χ1v) is 13.2. The van der Waals surface area contributed by atoms with Gasteiger partial charge in [0.15, 0.2) is 0 Å². The van der Waals surface area contributed by atoms with Crippen molar-refractivity contribution in [3.05, 3.63) is 94.5 Å². The number of rotatable bonds is 7. The van der Waals surface area contributed by atoms with Gasteiger partial charge in [0.25, 0.3) is 5.91 Å². The Labute approximate surface area is 208 Å². The van der Waals surface area contributed by atoms with E-state index in [0.29, 0.717) is 11.6 Å². The van der Waals surface area contributed by atoms with E-state index < -0.39 is 27.9 Å². The molecule has 8 heteroatoms. The van der Waals surface area contributed by atoms with Crippen LogP contribution in [0.5, 0.6) is 0 Å². The summed E-state index contributed by atoms with van der Waals surface area (Å²) in [6.07, 6.45) is -0.215. The number of benzene rings is 3. The topological polar surface area (TPSA) is 74.8 Å². The summed E-state index contributed by atoms with van der Waals surface area (Å²) in [5, 5.41) is 0. The molecule has 0 spiro atoms. The van der Waals surface area contributed by atoms with Crippen molar-refractivity contribution in [3.63, 3.8) is 0 Å². The monoisotopic (exact) mass is 540 g/mol. The molecule has 1 unspecified atom stereocenters. The van der Waals surface area contributed by atoms with Crippen LogP contribution in [0.3, 0.4) is 0 Å². The van der Waals surface area contributed by atoms with E-state index in [4.69, 9.17) is 0 Å². The second-order valence-electron chi connectivity index (χ2n) is 8.52. The predicted octanol–water partition coefficient (Wildman–Crippen LogP) is 5.10. The molecule has 6 nitrogen and oxygen atoms in total. The molecule has 176 valence electrons. The fraction of sp³-hybridized carbons (Fsp3) is 0.231. The Bertz CT molecular complexity index is 1290. The van der Waals surface area contributed by atoms with Gasteiger partial charge in [-0.2, -0.15) is 4.31 Å². The molecule has 1 heterocycles. The quantitative estimate of drug-likeness (QED) is 0.391. The van der Waals surface area contributed by atoms with Crippen LogP contribution >= 0.6 is 15.9 Å². The number of hydrogen-bond donors (Lipinski definition) is 0. The van der Waals surface area contributed by atoms with E-state index in [1.165, 1.54) is 12.1 Å². The maximum absolute atomic E-state index is 13.7. The lowest BCUT2D eigenvalue weighted by molar-refractivity contribution is -0.122. The fourth-order valence-corrected chi connectivity index (χ4v) is 5.82. The van der Waals surface area contributed by atoms with Gasteiger partial charge in [0, 0.05) is 11.0 Å². The fourth-order valence-electron chi connectivity index (χ4n) is 3.99. The lowest BCUT2D eigenvalue weighted by Gasteiger charge is -2.27. The van der Waals surface area contributed by atoms with Crippen LogP contribution in [0.2, 0.25) is 0 Å². The summed E-state index contributed by atoms with van der Waals surface area (Å²) in [7, 11) is -4.07. The number of imide groups is 1. The van der Waals surface area contributed by atoms with Gasteiger partial charge in [-0.15, -0.1) is 0 Å². The summed E-state index contributed by atoms with van der Waals surface area (Å²) in [6, 6.07) is 21.4. The minimum atomic E-state index is -4.07. The number of sulfonamides is 1. The molecule has 0 bridgehead atoms. The molecular weight excluding hydrogens is 516 g/mol. The average molecular weight is 541 g/mol. The molecule has 3 aromatic carbocycles. The van der Waals surface area contributed by atoms with Gasteiger partial charge in [-0.1, -0.05) is 72.2 Å². The first-order chi connectivity index (χ1) is 16.2. The Hall–Kier alpha value is -2.81. The molecule has 0 N–H and O–H groups in total. The van der Waals surface area contributed by atoms with Crippen molar-refractivity contribution in [2.75, 3.05) is 4.90 Å². The Morgan fingerprint density at radius 3 is 2.15 bits per heavy atom. The van der Waals surface area contributed by atoms with Crippen molar-refractivity contribution in [1.29, 1.82) is 0 Å². The minimum absolute atomic E-state index is 0.0248. The summed E-state index contributed by atoms with van der Waals surface area (Å²) in [5.41, 5.74) is 2.26. The first kappa shape index (κ1) is 24.3. The Morgan fingerprint density at radius 1 is 0.941 bits per heavy atom. The van der Waals surface area contributed by atoms with Crippen LogP contribution < -0.4 is 4.90 Å². The smallest absolute Gasteiger partial charge is 0.252 e. The van der Waals surface area contributed by atoms with Crippen molar-refractivity contribution >= 4 is 43.5 Å². The van der Waals surface area contributed by atoms with Gasteiger partial charge in [0.2, 0.25) is 15.9 Å². The van der Waals surface area contributed by atoms with E-state index in [1.807, 2.05) is 30.3 Å². The van der Waals surface area contributed by atoms with Crippen molar-refractivity contribution in [1.82, 2.24) is 4.31 Å². The van der Waals surface area contributed by atoms with E-state index in [2.05, 4.69) is 29.8 Å². The Morgan fingerprint density at radius 2 is 1.56 bits per heavy atom. The molecule has 3 aromatic rings. The molecular formula is C26H25BrN2O4S. The summed E-state index contributed by atoms with van der Waals surface area (Å²) in [4.78, 5) is 27.6. The maximum Gasteiger partial charge on any atom is 0.252 e. The van der Waals surface area contributed by atoms with E-state index in [-0.39, 0.29) is 17.9 Å². The molecule has 1 fully saturated rings. The molecule has 4 rings (SSSR count). The number of carbonyl (C=O) groups excluding carboxylic acids is 2. The van der Waals surface area contributed by atoms with E-state index in [0.717, 1.165) is 24.8 Å². The maximum atomic E-state index is 13.7. The zero-order valence-electron chi connectivity index (χ0n) is 18.9. The zero-order valence-corrected chi connectivity index (χ0v) is 21.3. The molecule has 1 aliphatic heterocycles. The van der Waals surface area contributed by atoms with Crippen molar-refractivity contribution in [2.24, 2.45) is 0 Å². The van der Waals surface area contributed by atoms with Crippen LogP contribution in [0.1, 0.15) is 37.3 Å². The third-order valence-corrected chi connectivity index (χ3v) is 8.29. The normalized spacial score (nSPS) is 16.6. The highest BCUT2D eigenvalue weighted by atomic mass is 79.9. The standard InChI is InChI=1S/C26H25BrN2O4S/c1-18(2)20-8-12-22(13-9-20)29-25(30)16-24(26(29)31)28(17-19-6-4-3-5-7-19)34(32,33)23-14-10-21(27)11-15-23/h3-15,18,24H,16-17H2,1-2H3. The molecule has 34 heavy (non-hydrogen) atoms. The molecule has 0 saturated carbocycles. The van der Waals surface area contributed by atoms with Gasteiger partial charge in [-0.05, 0) is 53.4 Å². The summed E-state index contributed by atoms with van der Waals surface area (Å²) < 4.78 is 29.2. The van der Waals surface area contributed by atoms with Gasteiger partial charge >= 0.3 is 0 Å². The van der Waals surface area contributed by atoms with Gasteiger partial charge in [-0.25, -0.2) is 13.3 Å². The van der Waals surface area contributed by atoms with Gasteiger partial charge in [0.1, 0.15) is 6.04 Å². The van der Waals surface area contributed by atoms with E-state index >= 15 is 0 Å². The van der Waals surface area contributed by atoms with Crippen LogP contribution in [-0.2, 0) is 26.2 Å². The second kappa shape index (κ2) is 9.82. The number of halogens is 1. The summed E-state index contributed by atoms with van der Waals surface area (Å²) >= 11 is 3.32. The first-order valence-electron chi connectivity index (χ1n) is 11.0. The van der Waals surface area contributed by atoms with Crippen LogP contribution in [-0.4, -0.2) is 30.6 Å². The molecule has 1 aliphatic rings. The Kier molecular flexibility index (Phi) is 7.02. The third kappa shape index (κ3) is 4.85. The number of anilines is 1. The summed E-state index contributed by atoms with van der Waals surface area (Å²) in [5.74, 6) is -0.653. The van der Waals surface area contributed by atoms with Crippen molar-refractivity contribution in [3.8, 4) is 0 Å². The Balaban J connectivity index is 1.72. The van der Waals surface area contributed by atoms with E-state index in [1.54, 1.807) is 36.4 Å². The number of hydrogen-bond acceptors (Lipinski definition) is 4. The van der Waals surface area contributed by atoms with Crippen LogP contribution in [0.15, 0.2) is 88.2 Å². The largest absolute Gasteiger partial charge is 0.274 e. The molecule has 2 amide bonds. The SMILES string of the molecule is CC(C)c1ccc(N2C(=O)CC(N(Cc3ccccc3)S(=O)(=O)c3ccc(Br)cc3)C2=O)cc1. The van der Waals surface area contributed by atoms with Crippen molar-refractivity contribution in [2.45, 2.75) is 43.7 Å². The molecule has 1 saturated heterocycles. The lowest BCUT2D eigenvalue weighted by Crippen LogP contribution is -2.45. The van der Waals surface area contributed by atoms with Crippen LogP contribution in [0, 0.1) is 0 Å². The molecule has 0 aromatic heterocycles. The molecule has 0 aliphatic carbocycles. The zero-order chi connectivity index (χ0) is 24.5. The minimum Gasteiger partial charge on any atom is -0.274 e. The summed E-state index contributed by atoms with van der Waals surface area (Å²) in [6.45, 7) is 4.10. The van der Waals surface area contributed by atoms with Crippen LogP contribution in [0.25, 0.3) is 0 Å². The highest BCUT2D eigenvalue weighted by Gasteiger charge is 2.47. The van der Waals surface area contributed by atoms with Gasteiger partial charge in [-0.3, -0.25) is 9.59 Å². The highest BCUT2D eigenvalue weighted by Crippen LogP contribution is 2.31. The average Bonchev–Trinajstić information content (AvgIpc) is 3.11. The number of amides is 2. The number of nitrogens with zero attached hydrogens (tertiary/aromatic N) is 2. The molecule has 1 atom stereocenters. The highest BCUT2D eigenvalue weighted by molar-refractivity contribution is 9.10. The number of carbonyl (C=O) groups is 2.